The number of nitrogens with two attached hydrogens (primary N) is 1. The molecule has 16 heavy (non-hydrogen) atoms. The van der Waals surface area contributed by atoms with Gasteiger partial charge in [-0.3, -0.25) is 4.98 Å². The van der Waals surface area contributed by atoms with E-state index in [-0.39, 0.29) is 5.41 Å². The maximum Gasteiger partial charge on any atom is 0.169 e. The first-order valence-corrected chi connectivity index (χ1v) is 5.41. The molecule has 1 aromatic heterocycles. The zero-order valence-corrected chi connectivity index (χ0v) is 9.77. The van der Waals surface area contributed by atoms with E-state index < -0.39 is 5.79 Å². The molecule has 1 saturated carbocycles. The SMILES string of the molecule is COC1(OC)CC(CN)(c2ccncc2)C1. The van der Waals surface area contributed by atoms with Gasteiger partial charge in [0.05, 0.1) is 0 Å². The predicted molar refractivity (Wildman–Crippen MR) is 61.0 cm³/mol. The molecular formula is C12H18N2O2. The highest BCUT2D eigenvalue weighted by molar-refractivity contribution is 5.29. The van der Waals surface area contributed by atoms with Gasteiger partial charge in [-0.25, -0.2) is 0 Å². The fraction of sp³-hybridized carbons (Fsp3) is 0.583. The normalized spacial score (nSPS) is 21.4. The molecule has 0 amide bonds. The Morgan fingerprint density at radius 3 is 2.25 bits per heavy atom. The summed E-state index contributed by atoms with van der Waals surface area (Å²) in [7, 11) is 3.35. The van der Waals surface area contributed by atoms with Crippen LogP contribution in [0.2, 0.25) is 0 Å². The summed E-state index contributed by atoms with van der Waals surface area (Å²) in [6, 6.07) is 4.03. The van der Waals surface area contributed by atoms with Gasteiger partial charge in [-0.2, -0.15) is 0 Å². The van der Waals surface area contributed by atoms with Crippen molar-refractivity contribution in [3.63, 3.8) is 0 Å². The summed E-state index contributed by atoms with van der Waals surface area (Å²) < 4.78 is 10.8. The first-order valence-electron chi connectivity index (χ1n) is 5.41. The monoisotopic (exact) mass is 222 g/mol. The van der Waals surface area contributed by atoms with Crippen LogP contribution < -0.4 is 5.73 Å². The molecular weight excluding hydrogens is 204 g/mol. The van der Waals surface area contributed by atoms with Crippen LogP contribution in [0, 0.1) is 0 Å². The summed E-state index contributed by atoms with van der Waals surface area (Å²) in [6.07, 6.45) is 5.19. The van der Waals surface area contributed by atoms with Gasteiger partial charge < -0.3 is 15.2 Å². The number of pyridine rings is 1. The lowest BCUT2D eigenvalue weighted by molar-refractivity contribution is -0.277. The molecule has 1 heterocycles. The molecule has 0 radical (unpaired) electrons. The zero-order valence-electron chi connectivity index (χ0n) is 9.77. The maximum absolute atomic E-state index is 5.90. The number of ether oxygens (including phenoxy) is 2. The standard InChI is InChI=1S/C12H18N2O2/c1-15-12(16-2)7-11(8-12,9-13)10-3-5-14-6-4-10/h3-6H,7-9,13H2,1-2H3. The summed E-state index contributed by atoms with van der Waals surface area (Å²) in [4.78, 5) is 4.02. The lowest BCUT2D eigenvalue weighted by Crippen LogP contribution is -2.60. The summed E-state index contributed by atoms with van der Waals surface area (Å²) in [5.74, 6) is -0.456. The van der Waals surface area contributed by atoms with E-state index in [9.17, 15) is 0 Å². The number of aromatic nitrogens is 1. The van der Waals surface area contributed by atoms with Gasteiger partial charge >= 0.3 is 0 Å². The number of methoxy groups -OCH3 is 2. The Morgan fingerprint density at radius 1 is 1.25 bits per heavy atom. The van der Waals surface area contributed by atoms with Crippen LogP contribution in [0.25, 0.3) is 0 Å². The Balaban J connectivity index is 2.20. The van der Waals surface area contributed by atoms with E-state index >= 15 is 0 Å². The van der Waals surface area contributed by atoms with Crippen molar-refractivity contribution in [1.82, 2.24) is 4.98 Å². The van der Waals surface area contributed by atoms with Gasteiger partial charge in [-0.1, -0.05) is 0 Å². The molecule has 1 aliphatic rings. The zero-order chi connectivity index (χ0) is 11.6. The average Bonchev–Trinajstić information content (AvgIpc) is 2.31. The number of hydrogen-bond donors (Lipinski definition) is 1. The Morgan fingerprint density at radius 2 is 1.81 bits per heavy atom. The topological polar surface area (TPSA) is 57.4 Å². The van der Waals surface area contributed by atoms with Gasteiger partial charge in [0.1, 0.15) is 0 Å². The Bertz CT molecular complexity index is 341. The summed E-state index contributed by atoms with van der Waals surface area (Å²) in [5, 5.41) is 0. The van der Waals surface area contributed by atoms with Gasteiger partial charge in [0.15, 0.2) is 5.79 Å². The van der Waals surface area contributed by atoms with Crippen molar-refractivity contribution >= 4 is 0 Å². The van der Waals surface area contributed by atoms with Crippen molar-refractivity contribution in [1.29, 1.82) is 0 Å². The summed E-state index contributed by atoms with van der Waals surface area (Å²) in [5.41, 5.74) is 7.10. The van der Waals surface area contributed by atoms with Gasteiger partial charge in [0.2, 0.25) is 0 Å². The van der Waals surface area contributed by atoms with Crippen molar-refractivity contribution in [3.8, 4) is 0 Å². The van der Waals surface area contributed by atoms with Crippen molar-refractivity contribution in [3.05, 3.63) is 30.1 Å². The van der Waals surface area contributed by atoms with Crippen molar-refractivity contribution < 1.29 is 9.47 Å². The molecule has 1 aromatic rings. The molecule has 0 aromatic carbocycles. The first kappa shape index (κ1) is 11.5. The first-order chi connectivity index (χ1) is 7.70. The van der Waals surface area contributed by atoms with E-state index in [2.05, 4.69) is 4.98 Å². The second-order valence-electron chi connectivity index (χ2n) is 4.39. The van der Waals surface area contributed by atoms with Crippen LogP contribution >= 0.6 is 0 Å². The molecule has 2 rings (SSSR count). The third-order valence-electron chi connectivity index (χ3n) is 3.64. The van der Waals surface area contributed by atoms with Crippen molar-refractivity contribution in [2.75, 3.05) is 20.8 Å². The highest BCUT2D eigenvalue weighted by Gasteiger charge is 2.55. The van der Waals surface area contributed by atoms with Crippen LogP contribution in [-0.4, -0.2) is 31.5 Å². The molecule has 1 aliphatic carbocycles. The quantitative estimate of drug-likeness (QED) is 0.774. The number of hydrogen-bond acceptors (Lipinski definition) is 4. The molecule has 0 saturated heterocycles. The average molecular weight is 222 g/mol. The van der Waals surface area contributed by atoms with E-state index in [0.717, 1.165) is 12.8 Å². The van der Waals surface area contributed by atoms with E-state index in [1.54, 1.807) is 26.6 Å². The Hall–Kier alpha value is -0.970. The smallest absolute Gasteiger partial charge is 0.169 e. The highest BCUT2D eigenvalue weighted by atomic mass is 16.7. The van der Waals surface area contributed by atoms with Crippen molar-refractivity contribution in [2.24, 2.45) is 5.73 Å². The molecule has 0 bridgehead atoms. The molecule has 0 atom stereocenters. The van der Waals surface area contributed by atoms with Crippen LogP contribution in [0.15, 0.2) is 24.5 Å². The summed E-state index contributed by atoms with van der Waals surface area (Å²) >= 11 is 0. The molecule has 0 unspecified atom stereocenters. The molecule has 0 spiro atoms. The van der Waals surface area contributed by atoms with Gasteiger partial charge in [0.25, 0.3) is 0 Å². The van der Waals surface area contributed by atoms with Crippen LogP contribution in [-0.2, 0) is 14.9 Å². The highest BCUT2D eigenvalue weighted by Crippen LogP contribution is 2.51. The molecule has 1 fully saturated rings. The lowest BCUT2D eigenvalue weighted by Gasteiger charge is -2.54. The fourth-order valence-electron chi connectivity index (χ4n) is 2.52. The van der Waals surface area contributed by atoms with E-state index in [4.69, 9.17) is 15.2 Å². The third kappa shape index (κ3) is 1.63. The number of rotatable bonds is 4. The molecule has 2 N–H and O–H groups in total. The third-order valence-corrected chi connectivity index (χ3v) is 3.64. The predicted octanol–water partition coefficient (Wildman–Crippen LogP) is 1.06. The van der Waals surface area contributed by atoms with Crippen LogP contribution in [0.4, 0.5) is 0 Å². The summed E-state index contributed by atoms with van der Waals surface area (Å²) in [6.45, 7) is 0.603. The largest absolute Gasteiger partial charge is 0.353 e. The Kier molecular flexibility index (Phi) is 2.97. The molecule has 4 nitrogen and oxygen atoms in total. The minimum absolute atomic E-state index is 0.0189. The maximum atomic E-state index is 5.90. The molecule has 0 aliphatic heterocycles. The van der Waals surface area contributed by atoms with Gasteiger partial charge in [-0.05, 0) is 17.7 Å². The van der Waals surface area contributed by atoms with Crippen LogP contribution in [0.3, 0.4) is 0 Å². The molecule has 88 valence electrons. The van der Waals surface area contributed by atoms with Gasteiger partial charge in [0, 0.05) is 51.4 Å². The second-order valence-corrected chi connectivity index (χ2v) is 4.39. The van der Waals surface area contributed by atoms with Crippen LogP contribution in [0.1, 0.15) is 18.4 Å². The van der Waals surface area contributed by atoms with E-state index in [0.29, 0.717) is 6.54 Å². The minimum atomic E-state index is -0.456. The van der Waals surface area contributed by atoms with E-state index in [1.165, 1.54) is 5.56 Å². The molecule has 4 heteroatoms. The van der Waals surface area contributed by atoms with Crippen molar-refractivity contribution in [2.45, 2.75) is 24.0 Å². The second kappa shape index (κ2) is 4.13. The number of nitrogens with zero attached hydrogens (tertiary/aromatic N) is 1. The van der Waals surface area contributed by atoms with Gasteiger partial charge in [-0.15, -0.1) is 0 Å². The van der Waals surface area contributed by atoms with E-state index in [1.807, 2.05) is 12.1 Å². The van der Waals surface area contributed by atoms with Crippen LogP contribution in [0.5, 0.6) is 0 Å². The lowest BCUT2D eigenvalue weighted by atomic mass is 9.60. The fourth-order valence-corrected chi connectivity index (χ4v) is 2.52. The Labute approximate surface area is 95.8 Å². The minimum Gasteiger partial charge on any atom is -0.353 e.